The van der Waals surface area contributed by atoms with Crippen LogP contribution >= 0.6 is 0 Å². The summed E-state index contributed by atoms with van der Waals surface area (Å²) in [6.07, 6.45) is 7.32. The molecule has 0 aliphatic rings. The van der Waals surface area contributed by atoms with Gasteiger partial charge < -0.3 is 4.74 Å². The van der Waals surface area contributed by atoms with Crippen molar-refractivity contribution in [3.05, 3.63) is 12.7 Å². The van der Waals surface area contributed by atoms with Gasteiger partial charge in [0.05, 0.1) is 0 Å². The molecular formula is C9H14O. The van der Waals surface area contributed by atoms with Crippen molar-refractivity contribution in [2.75, 3.05) is 6.61 Å². The normalized spacial score (nSPS) is 7.70. The first-order chi connectivity index (χ1) is 4.91. The van der Waals surface area contributed by atoms with Crippen LogP contribution in [-0.4, -0.2) is 6.61 Å². The molecule has 0 fully saturated rings. The minimum Gasteiger partial charge on any atom is -0.447 e. The lowest BCUT2D eigenvalue weighted by Crippen LogP contribution is -1.84. The van der Waals surface area contributed by atoms with Crippen molar-refractivity contribution in [2.45, 2.75) is 26.2 Å². The topological polar surface area (TPSA) is 9.23 Å². The molecule has 0 heterocycles. The fraction of sp³-hybridized carbons (Fsp3) is 0.556. The predicted molar refractivity (Wildman–Crippen MR) is 43.5 cm³/mol. The predicted octanol–water partition coefficient (Wildman–Crippen LogP) is 2.34. The number of rotatable bonds is 4. The fourth-order valence-electron chi connectivity index (χ4n) is 0.432. The van der Waals surface area contributed by atoms with Gasteiger partial charge in [-0.1, -0.05) is 25.3 Å². The average Bonchev–Trinajstić information content (AvgIpc) is 1.97. The van der Waals surface area contributed by atoms with E-state index in [4.69, 9.17) is 4.74 Å². The van der Waals surface area contributed by atoms with Crippen LogP contribution < -0.4 is 0 Å². The lowest BCUT2D eigenvalue weighted by molar-refractivity contribution is 0.270. The molecule has 0 spiro atoms. The van der Waals surface area contributed by atoms with Crippen molar-refractivity contribution >= 4 is 0 Å². The highest BCUT2D eigenvalue weighted by Crippen LogP contribution is 1.85. The van der Waals surface area contributed by atoms with Crippen LogP contribution in [0.2, 0.25) is 0 Å². The Morgan fingerprint density at radius 1 is 1.60 bits per heavy atom. The summed E-state index contributed by atoms with van der Waals surface area (Å²) in [5.41, 5.74) is 0. The van der Waals surface area contributed by atoms with Crippen molar-refractivity contribution in [1.82, 2.24) is 0 Å². The Hall–Kier alpha value is -0.900. The zero-order valence-corrected chi connectivity index (χ0v) is 6.52. The lowest BCUT2D eigenvalue weighted by Gasteiger charge is -1.91. The Morgan fingerprint density at radius 2 is 2.40 bits per heavy atom. The lowest BCUT2D eigenvalue weighted by atomic mass is 10.4. The molecule has 0 aliphatic carbocycles. The smallest absolute Gasteiger partial charge is 0.110 e. The third-order valence-electron chi connectivity index (χ3n) is 0.991. The van der Waals surface area contributed by atoms with Crippen LogP contribution in [0.1, 0.15) is 26.2 Å². The van der Waals surface area contributed by atoms with Gasteiger partial charge in [-0.25, -0.2) is 0 Å². The number of ether oxygens (including phenoxy) is 1. The summed E-state index contributed by atoms with van der Waals surface area (Å²) in [5, 5.41) is 0. The van der Waals surface area contributed by atoms with Crippen LogP contribution in [0.15, 0.2) is 12.7 Å². The van der Waals surface area contributed by atoms with Gasteiger partial charge in [0.15, 0.2) is 0 Å². The Bertz CT molecular complexity index is 127. The Labute approximate surface area is 63.1 Å². The maximum Gasteiger partial charge on any atom is 0.110 e. The number of unbranched alkanes of at least 4 members (excludes halogenated alkanes) is 1. The van der Waals surface area contributed by atoms with Crippen molar-refractivity contribution in [2.24, 2.45) is 0 Å². The van der Waals surface area contributed by atoms with E-state index in [-0.39, 0.29) is 0 Å². The highest BCUT2D eigenvalue weighted by molar-refractivity contribution is 4.97. The molecule has 0 aromatic rings. The summed E-state index contributed by atoms with van der Waals surface area (Å²) in [6.45, 7) is 6.41. The van der Waals surface area contributed by atoms with Crippen LogP contribution in [-0.2, 0) is 4.74 Å². The molecule has 0 unspecified atom stereocenters. The van der Waals surface area contributed by atoms with Gasteiger partial charge in [0, 0.05) is 6.42 Å². The maximum atomic E-state index is 4.97. The molecule has 10 heavy (non-hydrogen) atoms. The van der Waals surface area contributed by atoms with Crippen molar-refractivity contribution in [3.63, 3.8) is 0 Å². The Morgan fingerprint density at radius 3 is 3.00 bits per heavy atom. The molecule has 0 aromatic carbocycles. The van der Waals surface area contributed by atoms with Gasteiger partial charge in [0.25, 0.3) is 0 Å². The molecule has 0 rings (SSSR count). The fourth-order valence-corrected chi connectivity index (χ4v) is 0.432. The molecule has 1 nitrogen and oxygen atoms in total. The van der Waals surface area contributed by atoms with E-state index in [2.05, 4.69) is 25.5 Å². The Balaban J connectivity index is 3.03. The number of hydrogen-bond acceptors (Lipinski definition) is 1. The van der Waals surface area contributed by atoms with Gasteiger partial charge in [-0.2, -0.15) is 0 Å². The minimum atomic E-state index is 0.714. The van der Waals surface area contributed by atoms with Crippen molar-refractivity contribution < 1.29 is 4.74 Å². The van der Waals surface area contributed by atoms with Crippen molar-refractivity contribution in [1.29, 1.82) is 0 Å². The minimum absolute atomic E-state index is 0.714. The molecule has 0 aliphatic heterocycles. The molecule has 1 heteroatoms. The first-order valence-corrected chi connectivity index (χ1v) is 3.62. The molecular weight excluding hydrogens is 124 g/mol. The van der Waals surface area contributed by atoms with Gasteiger partial charge in [-0.05, 0) is 6.42 Å². The number of allylic oxidation sites excluding steroid dienone is 1. The van der Waals surface area contributed by atoms with Gasteiger partial charge in [-0.15, -0.1) is 6.58 Å². The summed E-state index contributed by atoms with van der Waals surface area (Å²) in [4.78, 5) is 0. The second-order valence-electron chi connectivity index (χ2n) is 1.97. The highest BCUT2D eigenvalue weighted by atomic mass is 16.5. The summed E-state index contributed by atoms with van der Waals surface area (Å²) in [7, 11) is 0. The second-order valence-corrected chi connectivity index (χ2v) is 1.97. The standard InChI is InChI=1S/C9H14O/c1-3-5-7-9-10-8-6-4-2/h3H,1,4-6,8H2,2H3. The highest BCUT2D eigenvalue weighted by Gasteiger charge is 1.78. The van der Waals surface area contributed by atoms with Crippen LogP contribution in [0.4, 0.5) is 0 Å². The van der Waals surface area contributed by atoms with Gasteiger partial charge in [0.1, 0.15) is 12.7 Å². The van der Waals surface area contributed by atoms with E-state index in [1.54, 1.807) is 6.08 Å². The third-order valence-corrected chi connectivity index (χ3v) is 0.991. The van der Waals surface area contributed by atoms with E-state index in [1.807, 2.05) is 0 Å². The summed E-state index contributed by atoms with van der Waals surface area (Å²) in [5.74, 6) is 2.80. The van der Waals surface area contributed by atoms with Gasteiger partial charge >= 0.3 is 0 Å². The molecule has 0 amide bonds. The van der Waals surface area contributed by atoms with Crippen molar-refractivity contribution in [3.8, 4) is 12.0 Å². The first-order valence-electron chi connectivity index (χ1n) is 3.62. The van der Waals surface area contributed by atoms with E-state index in [1.165, 1.54) is 0 Å². The van der Waals surface area contributed by atoms with Gasteiger partial charge in [0.2, 0.25) is 0 Å². The van der Waals surface area contributed by atoms with Gasteiger partial charge in [-0.3, -0.25) is 0 Å². The van der Waals surface area contributed by atoms with Crippen LogP contribution in [0, 0.1) is 12.0 Å². The van der Waals surface area contributed by atoms with E-state index < -0.39 is 0 Å². The second kappa shape index (κ2) is 8.10. The molecule has 0 bridgehead atoms. The van der Waals surface area contributed by atoms with Crippen LogP contribution in [0.5, 0.6) is 0 Å². The summed E-state index contributed by atoms with van der Waals surface area (Å²) < 4.78 is 4.97. The van der Waals surface area contributed by atoms with E-state index >= 15 is 0 Å². The summed E-state index contributed by atoms with van der Waals surface area (Å²) >= 11 is 0. The van der Waals surface area contributed by atoms with E-state index in [0.717, 1.165) is 19.4 Å². The molecule has 0 saturated carbocycles. The molecule has 0 N–H and O–H groups in total. The largest absolute Gasteiger partial charge is 0.447 e. The maximum absolute atomic E-state index is 4.97. The van der Waals surface area contributed by atoms with E-state index in [9.17, 15) is 0 Å². The quantitative estimate of drug-likeness (QED) is 0.329. The number of hydrogen-bond donors (Lipinski definition) is 0. The Kier molecular flexibility index (Phi) is 7.37. The third kappa shape index (κ3) is 7.10. The summed E-state index contributed by atoms with van der Waals surface area (Å²) in [6, 6.07) is 0. The monoisotopic (exact) mass is 138 g/mol. The SMILES string of the molecule is C=CCC#COCCCC. The zero-order chi connectivity index (χ0) is 7.66. The molecule has 0 aromatic heterocycles. The molecule has 56 valence electrons. The first kappa shape index (κ1) is 9.10. The molecule has 0 radical (unpaired) electrons. The van der Waals surface area contributed by atoms with Crippen LogP contribution in [0.3, 0.4) is 0 Å². The van der Waals surface area contributed by atoms with E-state index in [0.29, 0.717) is 6.42 Å². The zero-order valence-electron chi connectivity index (χ0n) is 6.52. The molecule has 0 atom stereocenters. The molecule has 0 saturated heterocycles. The average molecular weight is 138 g/mol. The van der Waals surface area contributed by atoms with Crippen LogP contribution in [0.25, 0.3) is 0 Å².